The fraction of sp³-hybridized carbons (Fsp3) is 0.333. The predicted molar refractivity (Wildman–Crippen MR) is 74.2 cm³/mol. The van der Waals surface area contributed by atoms with Gasteiger partial charge in [-0.15, -0.1) is 0 Å². The van der Waals surface area contributed by atoms with E-state index in [1.807, 2.05) is 13.0 Å². The molecule has 20 heavy (non-hydrogen) atoms. The molecule has 0 saturated heterocycles. The molecule has 108 valence electrons. The number of aromatic nitrogens is 3. The van der Waals surface area contributed by atoms with Crippen LogP contribution < -0.4 is 10.0 Å². The second-order valence-electron chi connectivity index (χ2n) is 4.18. The summed E-state index contributed by atoms with van der Waals surface area (Å²) in [4.78, 5) is 4.11. The highest BCUT2D eigenvalue weighted by atomic mass is 32.2. The molecule has 3 N–H and O–H groups in total. The van der Waals surface area contributed by atoms with Crippen LogP contribution in [0.5, 0.6) is 0 Å². The van der Waals surface area contributed by atoms with Crippen molar-refractivity contribution in [2.75, 3.05) is 6.54 Å². The number of hydrogen-bond donors (Lipinski definition) is 3. The zero-order chi connectivity index (χ0) is 14.4. The van der Waals surface area contributed by atoms with Crippen molar-refractivity contribution < 1.29 is 8.42 Å². The average Bonchev–Trinajstić information content (AvgIpc) is 2.97. The maximum absolute atomic E-state index is 12.2. The zero-order valence-corrected chi connectivity index (χ0v) is 11.9. The van der Waals surface area contributed by atoms with E-state index in [9.17, 15) is 8.42 Å². The number of hydrogen-bond acceptors (Lipinski definition) is 5. The first-order chi connectivity index (χ1) is 9.62. The van der Waals surface area contributed by atoms with E-state index in [1.165, 1.54) is 6.33 Å². The summed E-state index contributed by atoms with van der Waals surface area (Å²) in [5.74, 6) is 0.470. The number of nitrogens with zero attached hydrogens (tertiary/aromatic N) is 2. The predicted octanol–water partition coefficient (Wildman–Crippen LogP) is 0.393. The molecule has 0 radical (unpaired) electrons. The molecule has 0 unspecified atom stereocenters. The van der Waals surface area contributed by atoms with Crippen LogP contribution in [-0.4, -0.2) is 30.1 Å². The van der Waals surface area contributed by atoms with Crippen LogP contribution in [0.1, 0.15) is 18.3 Å². The van der Waals surface area contributed by atoms with Crippen molar-refractivity contribution in [3.63, 3.8) is 0 Å². The van der Waals surface area contributed by atoms with E-state index in [0.29, 0.717) is 12.4 Å². The molecule has 0 aliphatic rings. The number of sulfonamides is 1. The van der Waals surface area contributed by atoms with Crippen molar-refractivity contribution in [2.45, 2.75) is 24.9 Å². The standard InChI is InChI=1S/C12H17N5O2S/c1-2-13-7-10-4-3-5-11(6-10)20(18,19)16-8-12-14-9-15-17-12/h3-6,9,13,16H,2,7-8H2,1H3,(H,14,15,17). The fourth-order valence-electron chi connectivity index (χ4n) is 1.65. The fourth-order valence-corrected chi connectivity index (χ4v) is 2.71. The van der Waals surface area contributed by atoms with Gasteiger partial charge in [0.25, 0.3) is 0 Å². The van der Waals surface area contributed by atoms with E-state index in [1.54, 1.807) is 18.2 Å². The monoisotopic (exact) mass is 295 g/mol. The molecule has 0 aliphatic heterocycles. The van der Waals surface area contributed by atoms with Crippen LogP contribution in [0.2, 0.25) is 0 Å². The van der Waals surface area contributed by atoms with Gasteiger partial charge < -0.3 is 5.32 Å². The summed E-state index contributed by atoms with van der Waals surface area (Å²) < 4.78 is 26.8. The third-order valence-corrected chi connectivity index (χ3v) is 4.08. The molecule has 7 nitrogen and oxygen atoms in total. The van der Waals surface area contributed by atoms with Crippen molar-refractivity contribution in [1.29, 1.82) is 0 Å². The first-order valence-electron chi connectivity index (χ1n) is 6.25. The first-order valence-corrected chi connectivity index (χ1v) is 7.73. The Morgan fingerprint density at radius 1 is 1.30 bits per heavy atom. The summed E-state index contributed by atoms with van der Waals surface area (Å²) in [7, 11) is -3.55. The molecule has 0 atom stereocenters. The molecule has 2 rings (SSSR count). The Labute approximate surface area is 117 Å². The zero-order valence-electron chi connectivity index (χ0n) is 11.1. The van der Waals surface area contributed by atoms with Gasteiger partial charge in [-0.25, -0.2) is 18.1 Å². The molecule has 1 aromatic heterocycles. The number of nitrogens with one attached hydrogen (secondary N) is 3. The molecule has 0 fully saturated rings. The van der Waals surface area contributed by atoms with Crippen LogP contribution in [-0.2, 0) is 23.1 Å². The Hall–Kier alpha value is -1.77. The molecular formula is C12H17N5O2S. The van der Waals surface area contributed by atoms with E-state index in [0.717, 1.165) is 12.1 Å². The summed E-state index contributed by atoms with van der Waals surface area (Å²) in [5, 5.41) is 9.43. The van der Waals surface area contributed by atoms with E-state index in [4.69, 9.17) is 0 Å². The van der Waals surface area contributed by atoms with Crippen molar-refractivity contribution >= 4 is 10.0 Å². The summed E-state index contributed by atoms with van der Waals surface area (Å²) in [6.45, 7) is 3.56. The van der Waals surface area contributed by atoms with Gasteiger partial charge in [-0.2, -0.15) is 5.10 Å². The average molecular weight is 295 g/mol. The van der Waals surface area contributed by atoms with Gasteiger partial charge in [0.15, 0.2) is 0 Å². The van der Waals surface area contributed by atoms with Crippen LogP contribution in [0.15, 0.2) is 35.5 Å². The van der Waals surface area contributed by atoms with Crippen molar-refractivity contribution in [1.82, 2.24) is 25.2 Å². The lowest BCUT2D eigenvalue weighted by Crippen LogP contribution is -2.24. The van der Waals surface area contributed by atoms with Gasteiger partial charge in [0.2, 0.25) is 10.0 Å². The smallest absolute Gasteiger partial charge is 0.240 e. The van der Waals surface area contributed by atoms with Crippen LogP contribution >= 0.6 is 0 Å². The Kier molecular flexibility index (Phi) is 4.83. The molecule has 0 amide bonds. The van der Waals surface area contributed by atoms with Crippen molar-refractivity contribution in [3.8, 4) is 0 Å². The molecule has 0 bridgehead atoms. The van der Waals surface area contributed by atoms with Crippen LogP contribution in [0.4, 0.5) is 0 Å². The largest absolute Gasteiger partial charge is 0.313 e. The van der Waals surface area contributed by atoms with E-state index in [2.05, 4.69) is 25.2 Å². The lowest BCUT2D eigenvalue weighted by Gasteiger charge is -2.07. The third-order valence-electron chi connectivity index (χ3n) is 2.68. The molecule has 1 aromatic carbocycles. The summed E-state index contributed by atoms with van der Waals surface area (Å²) >= 11 is 0. The highest BCUT2D eigenvalue weighted by molar-refractivity contribution is 7.89. The van der Waals surface area contributed by atoms with Gasteiger partial charge in [-0.05, 0) is 24.2 Å². The quantitative estimate of drug-likeness (QED) is 0.686. The molecule has 0 spiro atoms. The minimum atomic E-state index is -3.55. The molecule has 8 heteroatoms. The second kappa shape index (κ2) is 6.60. The normalized spacial score (nSPS) is 11.7. The van der Waals surface area contributed by atoms with Gasteiger partial charge in [0.1, 0.15) is 12.2 Å². The van der Waals surface area contributed by atoms with Crippen LogP contribution in [0, 0.1) is 0 Å². The first kappa shape index (κ1) is 14.6. The number of aromatic amines is 1. The Morgan fingerprint density at radius 2 is 2.15 bits per heavy atom. The summed E-state index contributed by atoms with van der Waals surface area (Å²) in [6, 6.07) is 6.84. The highest BCUT2D eigenvalue weighted by Crippen LogP contribution is 2.11. The Balaban J connectivity index is 2.08. The summed E-state index contributed by atoms with van der Waals surface area (Å²) in [5.41, 5.74) is 0.925. The molecular weight excluding hydrogens is 278 g/mol. The SMILES string of the molecule is CCNCc1cccc(S(=O)(=O)NCc2ncn[nH]2)c1. The minimum Gasteiger partial charge on any atom is -0.313 e. The maximum atomic E-state index is 12.2. The van der Waals surface area contributed by atoms with E-state index >= 15 is 0 Å². The minimum absolute atomic E-state index is 0.0831. The van der Waals surface area contributed by atoms with Crippen LogP contribution in [0.25, 0.3) is 0 Å². The number of benzene rings is 1. The highest BCUT2D eigenvalue weighted by Gasteiger charge is 2.14. The molecule has 0 saturated carbocycles. The van der Waals surface area contributed by atoms with Gasteiger partial charge in [-0.1, -0.05) is 19.1 Å². The molecule has 0 aliphatic carbocycles. The van der Waals surface area contributed by atoms with Gasteiger partial charge in [-0.3, -0.25) is 5.10 Å². The van der Waals surface area contributed by atoms with E-state index < -0.39 is 10.0 Å². The molecule has 2 aromatic rings. The van der Waals surface area contributed by atoms with Gasteiger partial charge >= 0.3 is 0 Å². The Bertz CT molecular complexity index is 640. The third kappa shape index (κ3) is 3.86. The van der Waals surface area contributed by atoms with Gasteiger partial charge in [0.05, 0.1) is 11.4 Å². The van der Waals surface area contributed by atoms with Crippen molar-refractivity contribution in [3.05, 3.63) is 42.0 Å². The maximum Gasteiger partial charge on any atom is 0.240 e. The second-order valence-corrected chi connectivity index (χ2v) is 5.95. The summed E-state index contributed by atoms with van der Waals surface area (Å²) in [6.07, 6.45) is 1.33. The number of rotatable bonds is 7. The lowest BCUT2D eigenvalue weighted by atomic mass is 10.2. The van der Waals surface area contributed by atoms with Crippen LogP contribution in [0.3, 0.4) is 0 Å². The number of H-pyrrole nitrogens is 1. The lowest BCUT2D eigenvalue weighted by molar-refractivity contribution is 0.579. The molecule has 1 heterocycles. The Morgan fingerprint density at radius 3 is 2.85 bits per heavy atom. The van der Waals surface area contributed by atoms with E-state index in [-0.39, 0.29) is 11.4 Å². The topological polar surface area (TPSA) is 99.8 Å². The van der Waals surface area contributed by atoms with Crippen molar-refractivity contribution in [2.24, 2.45) is 0 Å². The van der Waals surface area contributed by atoms with Gasteiger partial charge in [0, 0.05) is 6.54 Å².